The van der Waals surface area contributed by atoms with E-state index in [4.69, 9.17) is 12.9 Å². The van der Waals surface area contributed by atoms with E-state index >= 15 is 0 Å². The Morgan fingerprint density at radius 3 is 2.56 bits per heavy atom. The van der Waals surface area contributed by atoms with Gasteiger partial charge in [-0.25, -0.2) is 0 Å². The Kier molecular flexibility index (Phi) is 5.34. The molecule has 0 spiro atoms. The van der Waals surface area contributed by atoms with Crippen LogP contribution < -0.4 is 5.32 Å². The van der Waals surface area contributed by atoms with Gasteiger partial charge in [0.05, 0.1) is 6.61 Å². The van der Waals surface area contributed by atoms with Crippen LogP contribution in [0.25, 0.3) is 0 Å². The molecule has 0 radical (unpaired) electrons. The van der Waals surface area contributed by atoms with E-state index in [1.54, 1.807) is 23.0 Å². The van der Waals surface area contributed by atoms with Crippen LogP contribution in [0, 0.1) is 0 Å². The summed E-state index contributed by atoms with van der Waals surface area (Å²) < 4.78 is 10.1. The Bertz CT molecular complexity index is 251. The molecule has 7 nitrogen and oxygen atoms in total. The largest absolute Gasteiger partial charge is 0.394 e. The normalized spacial score (nSPS) is 39.4. The third-order valence-corrected chi connectivity index (χ3v) is 2.84. The number of aliphatic hydroxyl groups is 3. The van der Waals surface area contributed by atoms with Crippen molar-refractivity contribution in [2.45, 2.75) is 37.6 Å². The molecule has 8 heteroatoms. The fourth-order valence-corrected chi connectivity index (χ4v) is 1.98. The second-order valence-electron chi connectivity index (χ2n) is 3.52. The zero-order valence-corrected chi connectivity index (χ0v) is 10.7. The van der Waals surface area contributed by atoms with Crippen LogP contribution in [0.15, 0.2) is 0 Å². The molecule has 1 aliphatic heterocycles. The predicted molar refractivity (Wildman–Crippen MR) is 60.5 cm³/mol. The van der Waals surface area contributed by atoms with E-state index in [0.717, 1.165) is 0 Å². The number of halogens is 1. The Labute approximate surface area is 106 Å². The molecular formula is C8H14INO6. The molecule has 5 atom stereocenters. The number of carbonyl (C=O) groups is 1. The van der Waals surface area contributed by atoms with Crippen LogP contribution in [0.1, 0.15) is 6.92 Å². The molecule has 1 saturated heterocycles. The minimum absolute atomic E-state index is 0.374. The van der Waals surface area contributed by atoms with Crippen LogP contribution in [-0.4, -0.2) is 58.5 Å². The van der Waals surface area contributed by atoms with Crippen LogP contribution in [-0.2, 0) is 12.6 Å². The number of ether oxygens (including phenoxy) is 1. The van der Waals surface area contributed by atoms with E-state index in [2.05, 4.69) is 5.32 Å². The van der Waals surface area contributed by atoms with Crippen molar-refractivity contribution in [2.24, 2.45) is 0 Å². The lowest BCUT2D eigenvalue weighted by Crippen LogP contribution is -2.64. The van der Waals surface area contributed by atoms with Crippen LogP contribution in [0.5, 0.6) is 0 Å². The summed E-state index contributed by atoms with van der Waals surface area (Å²) in [6.45, 7) is 0.836. The highest BCUT2D eigenvalue weighted by Gasteiger charge is 2.45. The topological polar surface area (TPSA) is 108 Å². The van der Waals surface area contributed by atoms with Crippen LogP contribution >= 0.6 is 23.0 Å². The molecule has 4 N–H and O–H groups in total. The summed E-state index contributed by atoms with van der Waals surface area (Å²) in [4.78, 5) is 10.9. The third kappa shape index (κ3) is 3.02. The van der Waals surface area contributed by atoms with Gasteiger partial charge in [-0.15, -0.1) is 0 Å². The molecule has 0 aromatic rings. The van der Waals surface area contributed by atoms with Crippen molar-refractivity contribution in [3.05, 3.63) is 0 Å². The van der Waals surface area contributed by atoms with Gasteiger partial charge in [0.25, 0.3) is 0 Å². The van der Waals surface area contributed by atoms with E-state index in [9.17, 15) is 15.0 Å². The minimum Gasteiger partial charge on any atom is -0.394 e. The molecule has 1 fully saturated rings. The molecule has 0 aliphatic carbocycles. The number of carbonyl (C=O) groups excluding carboxylic acids is 1. The van der Waals surface area contributed by atoms with E-state index in [1.165, 1.54) is 6.92 Å². The molecule has 0 bridgehead atoms. The van der Waals surface area contributed by atoms with Gasteiger partial charge in [-0.05, 0) is 0 Å². The monoisotopic (exact) mass is 347 g/mol. The minimum atomic E-state index is -1.27. The van der Waals surface area contributed by atoms with Gasteiger partial charge in [-0.3, -0.25) is 7.86 Å². The van der Waals surface area contributed by atoms with E-state index in [-0.39, 0.29) is 5.91 Å². The predicted octanol–water partition coefficient (Wildman–Crippen LogP) is -1.70. The van der Waals surface area contributed by atoms with Gasteiger partial charge in [-0.1, -0.05) is 0 Å². The van der Waals surface area contributed by atoms with Crippen LogP contribution in [0.3, 0.4) is 0 Å². The van der Waals surface area contributed by atoms with Gasteiger partial charge < -0.3 is 25.4 Å². The lowest BCUT2D eigenvalue weighted by atomic mass is 9.97. The molecule has 1 aliphatic rings. The summed E-state index contributed by atoms with van der Waals surface area (Å²) in [5, 5.41) is 30.7. The number of rotatable bonds is 3. The molecule has 1 amide bonds. The molecule has 94 valence electrons. The van der Waals surface area contributed by atoms with E-state index < -0.39 is 37.3 Å². The molecule has 0 aromatic heterocycles. The Balaban J connectivity index is 2.77. The SMILES string of the molecule is CC(=O)N[C@H]1[C@H](OI)O[C@H](CO)[C@H](O)[C@@H]1O. The Morgan fingerprint density at radius 1 is 1.50 bits per heavy atom. The van der Waals surface area contributed by atoms with Crippen molar-refractivity contribution in [3.8, 4) is 0 Å². The fourth-order valence-electron chi connectivity index (χ4n) is 1.55. The lowest BCUT2D eigenvalue weighted by Gasteiger charge is -2.41. The Morgan fingerprint density at radius 2 is 2.12 bits per heavy atom. The quantitative estimate of drug-likeness (QED) is 0.453. The zero-order chi connectivity index (χ0) is 12.3. The molecular weight excluding hydrogens is 333 g/mol. The van der Waals surface area contributed by atoms with Gasteiger partial charge in [-0.2, -0.15) is 0 Å². The number of nitrogens with one attached hydrogen (secondary N) is 1. The van der Waals surface area contributed by atoms with Crippen molar-refractivity contribution in [1.82, 2.24) is 5.32 Å². The van der Waals surface area contributed by atoms with Crippen molar-refractivity contribution in [3.63, 3.8) is 0 Å². The first-order valence-corrected chi connectivity index (χ1v) is 5.56. The smallest absolute Gasteiger partial charge is 0.217 e. The first-order chi connectivity index (χ1) is 7.51. The van der Waals surface area contributed by atoms with Gasteiger partial charge in [0.15, 0.2) is 6.29 Å². The molecule has 1 rings (SSSR count). The van der Waals surface area contributed by atoms with Crippen molar-refractivity contribution in [2.75, 3.05) is 6.61 Å². The first kappa shape index (κ1) is 14.1. The molecule has 0 aromatic carbocycles. The summed E-state index contributed by atoms with van der Waals surface area (Å²) in [5.74, 6) is -0.374. The lowest BCUT2D eigenvalue weighted by molar-refractivity contribution is -0.235. The van der Waals surface area contributed by atoms with E-state index in [1.807, 2.05) is 0 Å². The van der Waals surface area contributed by atoms with Gasteiger partial charge >= 0.3 is 0 Å². The molecule has 16 heavy (non-hydrogen) atoms. The maximum Gasteiger partial charge on any atom is 0.217 e. The summed E-state index contributed by atoms with van der Waals surface area (Å²) >= 11 is 1.56. The van der Waals surface area contributed by atoms with Crippen LogP contribution in [0.2, 0.25) is 0 Å². The number of aliphatic hydroxyl groups excluding tert-OH is 3. The highest BCUT2D eigenvalue weighted by Crippen LogP contribution is 2.23. The van der Waals surface area contributed by atoms with Gasteiger partial charge in [0, 0.05) is 6.92 Å². The van der Waals surface area contributed by atoms with Crippen molar-refractivity contribution < 1.29 is 27.9 Å². The molecule has 0 saturated carbocycles. The average molecular weight is 347 g/mol. The zero-order valence-electron chi connectivity index (χ0n) is 8.54. The third-order valence-electron chi connectivity index (χ3n) is 2.34. The van der Waals surface area contributed by atoms with Crippen molar-refractivity contribution >= 4 is 28.9 Å². The standard InChI is InChI=1S/C8H14INO6/c1-3(12)10-5-7(14)6(13)4(2-11)15-8(5)16-9/h4-8,11,13-14H,2H2,1H3,(H,10,12)/t4-,5-,6+,7-,8+/m1/s1. The summed E-state index contributed by atoms with van der Waals surface area (Å²) in [6, 6.07) is -0.868. The van der Waals surface area contributed by atoms with Crippen molar-refractivity contribution in [1.29, 1.82) is 0 Å². The Hall–Kier alpha value is -0.0000000000000000971. The number of amides is 1. The molecule has 1 heterocycles. The van der Waals surface area contributed by atoms with Gasteiger partial charge in [0.1, 0.15) is 47.4 Å². The number of hydrogen-bond acceptors (Lipinski definition) is 6. The highest BCUT2D eigenvalue weighted by molar-refractivity contribution is 14.1. The summed E-state index contributed by atoms with van der Waals surface area (Å²) in [7, 11) is 0. The maximum absolute atomic E-state index is 10.9. The summed E-state index contributed by atoms with van der Waals surface area (Å²) in [5.41, 5.74) is 0. The maximum atomic E-state index is 10.9. The van der Waals surface area contributed by atoms with E-state index in [0.29, 0.717) is 0 Å². The highest BCUT2D eigenvalue weighted by atomic mass is 127. The second kappa shape index (κ2) is 6.07. The molecule has 0 unspecified atom stereocenters. The average Bonchev–Trinajstić information content (AvgIpc) is 2.25. The fraction of sp³-hybridized carbons (Fsp3) is 0.875. The van der Waals surface area contributed by atoms with Crippen LogP contribution in [0.4, 0.5) is 0 Å². The number of hydrogen-bond donors (Lipinski definition) is 4. The van der Waals surface area contributed by atoms with Gasteiger partial charge in [0.2, 0.25) is 5.91 Å². The summed E-state index contributed by atoms with van der Waals surface area (Å²) in [6.07, 6.45) is -4.38. The first-order valence-electron chi connectivity index (χ1n) is 4.68. The second-order valence-corrected chi connectivity index (χ2v) is 4.03.